The molecule has 0 amide bonds. The molecule has 0 aliphatic carbocycles. The van der Waals surface area contributed by atoms with Gasteiger partial charge in [-0.3, -0.25) is 0 Å². The van der Waals surface area contributed by atoms with Crippen LogP contribution in [0.1, 0.15) is 17.0 Å². The van der Waals surface area contributed by atoms with E-state index >= 15 is 0 Å². The highest BCUT2D eigenvalue weighted by molar-refractivity contribution is 7.90. The lowest BCUT2D eigenvalue weighted by Gasteiger charge is -2.10. The van der Waals surface area contributed by atoms with Crippen LogP contribution >= 0.6 is 0 Å². The third-order valence-corrected chi connectivity index (χ3v) is 5.98. The summed E-state index contributed by atoms with van der Waals surface area (Å²) in [6.07, 6.45) is 0. The molecule has 0 N–H and O–H groups in total. The van der Waals surface area contributed by atoms with Crippen molar-refractivity contribution in [1.29, 1.82) is 0 Å². The van der Waals surface area contributed by atoms with E-state index in [2.05, 4.69) is 31.1 Å². The van der Waals surface area contributed by atoms with Crippen LogP contribution in [0.4, 0.5) is 0 Å². The summed E-state index contributed by atoms with van der Waals surface area (Å²) in [5, 5.41) is 0. The Hall–Kier alpha value is -1.77. The minimum absolute atomic E-state index is 0.286. The van der Waals surface area contributed by atoms with Crippen molar-refractivity contribution in [1.82, 2.24) is 3.97 Å². The van der Waals surface area contributed by atoms with E-state index in [4.69, 9.17) is 0 Å². The number of rotatable bonds is 2. The first-order chi connectivity index (χ1) is 10.1. The smallest absolute Gasteiger partial charge is 0.243 e. The third kappa shape index (κ3) is 3.52. The molecule has 116 valence electrons. The van der Waals surface area contributed by atoms with Crippen LogP contribution in [0.15, 0.2) is 41.3 Å². The molecule has 0 aliphatic heterocycles. The molecule has 2 rings (SSSR count). The van der Waals surface area contributed by atoms with Gasteiger partial charge in [-0.25, -0.2) is 12.4 Å². The number of hydrogen-bond acceptors (Lipinski definition) is 2. The second-order valence-corrected chi connectivity index (χ2v) is 12.9. The molecule has 0 saturated carbocycles. The van der Waals surface area contributed by atoms with Gasteiger partial charge in [-0.15, -0.1) is 5.54 Å². The van der Waals surface area contributed by atoms with Crippen molar-refractivity contribution in [3.05, 3.63) is 53.3 Å². The van der Waals surface area contributed by atoms with E-state index in [0.29, 0.717) is 11.4 Å². The normalized spacial score (nSPS) is 11.9. The lowest BCUT2D eigenvalue weighted by molar-refractivity contribution is 0.585. The number of aromatic nitrogens is 1. The van der Waals surface area contributed by atoms with Gasteiger partial charge in [0, 0.05) is 17.0 Å². The fourth-order valence-electron chi connectivity index (χ4n) is 2.11. The maximum Gasteiger partial charge on any atom is 0.268 e. The Morgan fingerprint density at radius 2 is 1.41 bits per heavy atom. The highest BCUT2D eigenvalue weighted by Gasteiger charge is 2.19. The van der Waals surface area contributed by atoms with Crippen molar-refractivity contribution >= 4 is 18.1 Å². The summed E-state index contributed by atoms with van der Waals surface area (Å²) in [4.78, 5) is 0.286. The van der Waals surface area contributed by atoms with Crippen molar-refractivity contribution in [2.24, 2.45) is 0 Å². The molecule has 1 aromatic carbocycles. The predicted molar refractivity (Wildman–Crippen MR) is 93.2 cm³/mol. The highest BCUT2D eigenvalue weighted by Crippen LogP contribution is 2.19. The molecule has 0 fully saturated rings. The lowest BCUT2D eigenvalue weighted by atomic mass is 10.2. The summed E-state index contributed by atoms with van der Waals surface area (Å²) < 4.78 is 26.8. The molecule has 3 nitrogen and oxygen atoms in total. The molecule has 0 aliphatic rings. The van der Waals surface area contributed by atoms with E-state index in [0.717, 1.165) is 5.56 Å². The van der Waals surface area contributed by atoms with Crippen LogP contribution in [0, 0.1) is 25.3 Å². The van der Waals surface area contributed by atoms with E-state index < -0.39 is 18.1 Å². The van der Waals surface area contributed by atoms with Crippen molar-refractivity contribution in [2.75, 3.05) is 0 Å². The lowest BCUT2D eigenvalue weighted by Crippen LogP contribution is -2.16. The van der Waals surface area contributed by atoms with Gasteiger partial charge in [-0.1, -0.05) is 25.6 Å². The summed E-state index contributed by atoms with van der Waals surface area (Å²) in [6.45, 7) is 10.1. The molecule has 0 saturated heterocycles. The van der Waals surface area contributed by atoms with Gasteiger partial charge in [0.25, 0.3) is 10.0 Å². The van der Waals surface area contributed by atoms with E-state index in [1.165, 1.54) is 3.97 Å². The van der Waals surface area contributed by atoms with Crippen molar-refractivity contribution in [2.45, 2.75) is 38.4 Å². The summed E-state index contributed by atoms with van der Waals surface area (Å²) in [6, 6.07) is 10.4. The summed E-state index contributed by atoms with van der Waals surface area (Å²) in [5.41, 5.74) is 5.54. The van der Waals surface area contributed by atoms with Gasteiger partial charge in [0.2, 0.25) is 0 Å². The SMILES string of the molecule is Cc1ccc(C)n1S(=O)(=O)c1ccc(C#C[Si](C)(C)C)cc1. The predicted octanol–water partition coefficient (Wildman–Crippen LogP) is 3.57. The van der Waals surface area contributed by atoms with Crippen LogP contribution in [-0.4, -0.2) is 20.5 Å². The number of hydrogen-bond donors (Lipinski definition) is 0. The highest BCUT2D eigenvalue weighted by atomic mass is 32.2. The fraction of sp³-hybridized carbons (Fsp3) is 0.294. The first-order valence-electron chi connectivity index (χ1n) is 7.15. The Morgan fingerprint density at radius 3 is 1.86 bits per heavy atom. The van der Waals surface area contributed by atoms with Crippen LogP contribution in [0.2, 0.25) is 19.6 Å². The molecule has 1 heterocycles. The summed E-state index contributed by atoms with van der Waals surface area (Å²) in [7, 11) is -4.97. The van der Waals surface area contributed by atoms with E-state index in [1.807, 2.05) is 0 Å². The summed E-state index contributed by atoms with van der Waals surface area (Å²) >= 11 is 0. The minimum atomic E-state index is -3.54. The number of nitrogens with zero attached hydrogens (tertiary/aromatic N) is 1. The Bertz CT molecular complexity index is 825. The monoisotopic (exact) mass is 331 g/mol. The number of aryl methyl sites for hydroxylation is 2. The van der Waals surface area contributed by atoms with E-state index in [-0.39, 0.29) is 4.90 Å². The second kappa shape index (κ2) is 5.79. The first-order valence-corrected chi connectivity index (χ1v) is 12.1. The number of benzene rings is 1. The van der Waals surface area contributed by atoms with Gasteiger partial charge >= 0.3 is 0 Å². The minimum Gasteiger partial charge on any atom is -0.243 e. The Kier molecular flexibility index (Phi) is 4.36. The van der Waals surface area contributed by atoms with E-state index in [1.54, 1.807) is 50.2 Å². The van der Waals surface area contributed by atoms with Gasteiger partial charge in [-0.05, 0) is 50.2 Å². The van der Waals surface area contributed by atoms with Crippen LogP contribution < -0.4 is 0 Å². The average molecular weight is 332 g/mol. The average Bonchev–Trinajstić information content (AvgIpc) is 2.76. The Balaban J connectivity index is 2.40. The first kappa shape index (κ1) is 16.6. The maximum absolute atomic E-state index is 12.7. The molecule has 0 radical (unpaired) electrons. The van der Waals surface area contributed by atoms with Crippen molar-refractivity contribution < 1.29 is 8.42 Å². The molecular weight excluding hydrogens is 310 g/mol. The van der Waals surface area contributed by atoms with Crippen LogP contribution in [0.5, 0.6) is 0 Å². The largest absolute Gasteiger partial charge is 0.268 e. The second-order valence-electron chi connectivity index (χ2n) is 6.41. The molecule has 2 aromatic rings. The van der Waals surface area contributed by atoms with Gasteiger partial charge < -0.3 is 0 Å². The molecule has 0 unspecified atom stereocenters. The molecular formula is C17H21NO2SSi. The zero-order chi connectivity index (χ0) is 16.5. The Labute approximate surface area is 134 Å². The van der Waals surface area contributed by atoms with Gasteiger partial charge in [-0.2, -0.15) is 0 Å². The van der Waals surface area contributed by atoms with Crippen LogP contribution in [-0.2, 0) is 10.0 Å². The molecule has 1 aromatic heterocycles. The van der Waals surface area contributed by atoms with Crippen LogP contribution in [0.3, 0.4) is 0 Å². The third-order valence-electron chi connectivity index (χ3n) is 3.18. The zero-order valence-corrected chi connectivity index (χ0v) is 15.5. The maximum atomic E-state index is 12.7. The Morgan fingerprint density at radius 1 is 0.909 bits per heavy atom. The summed E-state index contributed by atoms with van der Waals surface area (Å²) in [5.74, 6) is 3.13. The molecule has 0 bridgehead atoms. The quantitative estimate of drug-likeness (QED) is 0.623. The molecule has 0 spiro atoms. The van der Waals surface area contributed by atoms with E-state index in [9.17, 15) is 8.42 Å². The topological polar surface area (TPSA) is 39.1 Å². The van der Waals surface area contributed by atoms with Gasteiger partial charge in [0.05, 0.1) is 4.90 Å². The standard InChI is InChI=1S/C17H21NO2SSi/c1-14-6-7-15(2)18(14)21(19,20)17-10-8-16(9-11-17)12-13-22(3,4)5/h6-11H,1-5H3. The van der Waals surface area contributed by atoms with Crippen molar-refractivity contribution in [3.63, 3.8) is 0 Å². The molecule has 22 heavy (non-hydrogen) atoms. The fourth-order valence-corrected chi connectivity index (χ4v) is 4.20. The van der Waals surface area contributed by atoms with Crippen molar-refractivity contribution in [3.8, 4) is 11.5 Å². The van der Waals surface area contributed by atoms with Crippen LogP contribution in [0.25, 0.3) is 0 Å². The molecule has 5 heteroatoms. The molecule has 0 atom stereocenters. The zero-order valence-electron chi connectivity index (χ0n) is 13.6. The van der Waals surface area contributed by atoms with Gasteiger partial charge in [0.1, 0.15) is 8.07 Å². The van der Waals surface area contributed by atoms with Gasteiger partial charge in [0.15, 0.2) is 0 Å².